The monoisotopic (exact) mass is 431 g/mol. The summed E-state index contributed by atoms with van der Waals surface area (Å²) in [7, 11) is 0. The summed E-state index contributed by atoms with van der Waals surface area (Å²) in [5, 5.41) is 22.9. The van der Waals surface area contributed by atoms with Gasteiger partial charge in [-0.1, -0.05) is 12.1 Å². The maximum absolute atomic E-state index is 13.4. The minimum atomic E-state index is -0.812. The molecule has 4 rings (SSSR count). The lowest BCUT2D eigenvalue weighted by Crippen LogP contribution is -2.42. The molecule has 32 heavy (non-hydrogen) atoms. The number of hydrogen-bond donors (Lipinski definition) is 2. The van der Waals surface area contributed by atoms with Crippen molar-refractivity contribution in [2.75, 3.05) is 18.0 Å². The van der Waals surface area contributed by atoms with Gasteiger partial charge in [0.1, 0.15) is 17.7 Å². The fraction of sp³-hybridized carbons (Fsp3) is 0.250. The zero-order valence-corrected chi connectivity index (χ0v) is 17.7. The van der Waals surface area contributed by atoms with E-state index in [9.17, 15) is 19.6 Å². The topological polar surface area (TPSA) is 102 Å². The predicted octanol–water partition coefficient (Wildman–Crippen LogP) is 2.75. The summed E-state index contributed by atoms with van der Waals surface area (Å²) in [6, 6.07) is 12.8. The fourth-order valence-electron chi connectivity index (χ4n) is 3.88. The van der Waals surface area contributed by atoms with E-state index in [1.54, 1.807) is 24.3 Å². The number of rotatable bonds is 4. The Morgan fingerprint density at radius 1 is 1.25 bits per heavy atom. The summed E-state index contributed by atoms with van der Waals surface area (Å²) in [5.41, 5.74) is 3.57. The van der Waals surface area contributed by atoms with E-state index in [4.69, 9.17) is 0 Å². The number of aliphatic hydroxyl groups is 1. The van der Waals surface area contributed by atoms with Crippen LogP contribution in [-0.2, 0) is 0 Å². The van der Waals surface area contributed by atoms with Crippen LogP contribution in [0.5, 0.6) is 0 Å². The number of carbonyl (C=O) groups is 1. The molecule has 2 aromatic heterocycles. The lowest BCUT2D eigenvalue weighted by Gasteiger charge is -2.20. The van der Waals surface area contributed by atoms with Gasteiger partial charge in [0.05, 0.1) is 29.0 Å². The van der Waals surface area contributed by atoms with Gasteiger partial charge in [-0.2, -0.15) is 5.26 Å². The summed E-state index contributed by atoms with van der Waals surface area (Å²) >= 11 is 0. The zero-order valence-electron chi connectivity index (χ0n) is 17.7. The molecule has 0 radical (unpaired) electrons. The zero-order chi connectivity index (χ0) is 22.8. The van der Waals surface area contributed by atoms with Crippen LogP contribution >= 0.6 is 0 Å². The van der Waals surface area contributed by atoms with E-state index < -0.39 is 12.1 Å². The third-order valence-corrected chi connectivity index (χ3v) is 5.49. The Bertz CT molecular complexity index is 1210. The van der Waals surface area contributed by atoms with Crippen LogP contribution in [0.3, 0.4) is 0 Å². The second-order valence-electron chi connectivity index (χ2n) is 7.89. The standard InChI is InChI=1S/C24H22FN5O2/c1-14-8-15(2)28-23(19(14)10-26)30-12-21(22(31)13-30)29-24(32)17-6-7-20(27-11-17)16-4-3-5-18(25)9-16/h3-9,11,21-22,31H,12-13H2,1-2H3,(H,29,32). The molecule has 7 nitrogen and oxygen atoms in total. The Balaban J connectivity index is 1.47. The first-order valence-electron chi connectivity index (χ1n) is 10.2. The van der Waals surface area contributed by atoms with Crippen molar-refractivity contribution < 1.29 is 14.3 Å². The van der Waals surface area contributed by atoms with Crippen molar-refractivity contribution in [1.29, 1.82) is 5.26 Å². The van der Waals surface area contributed by atoms with Gasteiger partial charge in [-0.15, -0.1) is 0 Å². The number of β-amino-alcohol motifs (C(OH)–C–C–N with tert-alkyl or cyclic N) is 1. The predicted molar refractivity (Wildman–Crippen MR) is 118 cm³/mol. The molecule has 3 aromatic rings. The number of nitriles is 1. The molecule has 0 bridgehead atoms. The normalized spacial score (nSPS) is 17.8. The molecule has 0 saturated carbocycles. The van der Waals surface area contributed by atoms with Gasteiger partial charge in [-0.25, -0.2) is 9.37 Å². The van der Waals surface area contributed by atoms with E-state index in [2.05, 4.69) is 21.4 Å². The van der Waals surface area contributed by atoms with Crippen LogP contribution < -0.4 is 10.2 Å². The summed E-state index contributed by atoms with van der Waals surface area (Å²) < 4.78 is 13.4. The number of nitrogens with zero attached hydrogens (tertiary/aromatic N) is 4. The van der Waals surface area contributed by atoms with Crippen LogP contribution in [0, 0.1) is 31.0 Å². The van der Waals surface area contributed by atoms with Crippen LogP contribution in [0.2, 0.25) is 0 Å². The highest BCUT2D eigenvalue weighted by atomic mass is 19.1. The number of aromatic nitrogens is 2. The smallest absolute Gasteiger partial charge is 0.253 e. The largest absolute Gasteiger partial charge is 0.389 e. The number of aryl methyl sites for hydroxylation is 2. The Kier molecular flexibility index (Phi) is 5.84. The molecular weight excluding hydrogens is 409 g/mol. The van der Waals surface area contributed by atoms with Gasteiger partial charge in [0.15, 0.2) is 0 Å². The Labute approximate surface area is 185 Å². The summed E-state index contributed by atoms with van der Waals surface area (Å²) in [6.07, 6.45) is 0.612. The first-order valence-corrected chi connectivity index (χ1v) is 10.2. The molecule has 3 heterocycles. The lowest BCUT2D eigenvalue weighted by molar-refractivity contribution is 0.0888. The Hall–Kier alpha value is -3.83. The van der Waals surface area contributed by atoms with Crippen molar-refractivity contribution in [3.05, 3.63) is 76.9 Å². The third kappa shape index (κ3) is 4.29. The maximum atomic E-state index is 13.4. The average Bonchev–Trinajstić information content (AvgIpc) is 3.13. The van der Waals surface area contributed by atoms with Crippen LogP contribution in [0.15, 0.2) is 48.7 Å². The molecule has 1 saturated heterocycles. The average molecular weight is 431 g/mol. The summed E-state index contributed by atoms with van der Waals surface area (Å²) in [5.74, 6) is -0.214. The summed E-state index contributed by atoms with van der Waals surface area (Å²) in [4.78, 5) is 23.3. The molecule has 2 N–H and O–H groups in total. The molecule has 0 aliphatic carbocycles. The second kappa shape index (κ2) is 8.73. The molecule has 1 fully saturated rings. The van der Waals surface area contributed by atoms with E-state index in [0.29, 0.717) is 34.7 Å². The summed E-state index contributed by atoms with van der Waals surface area (Å²) in [6.45, 7) is 4.28. The second-order valence-corrected chi connectivity index (χ2v) is 7.89. The van der Waals surface area contributed by atoms with Gasteiger partial charge >= 0.3 is 0 Å². The number of amides is 1. The van der Waals surface area contributed by atoms with Crippen molar-refractivity contribution in [2.45, 2.75) is 26.0 Å². The maximum Gasteiger partial charge on any atom is 0.253 e. The van der Waals surface area contributed by atoms with E-state index in [-0.39, 0.29) is 18.3 Å². The number of pyridine rings is 2. The molecule has 1 aliphatic rings. The van der Waals surface area contributed by atoms with Crippen molar-refractivity contribution in [3.8, 4) is 17.3 Å². The minimum Gasteiger partial charge on any atom is -0.389 e. The molecule has 2 atom stereocenters. The third-order valence-electron chi connectivity index (χ3n) is 5.49. The van der Waals surface area contributed by atoms with Gasteiger partial charge in [-0.05, 0) is 49.7 Å². The highest BCUT2D eigenvalue weighted by Crippen LogP contribution is 2.26. The Morgan fingerprint density at radius 3 is 2.75 bits per heavy atom. The number of anilines is 1. The van der Waals surface area contributed by atoms with Gasteiger partial charge in [0.2, 0.25) is 0 Å². The molecule has 162 valence electrons. The van der Waals surface area contributed by atoms with Crippen LogP contribution in [0.25, 0.3) is 11.3 Å². The molecular formula is C24H22FN5O2. The first kappa shape index (κ1) is 21.4. The first-order chi connectivity index (χ1) is 15.4. The number of aliphatic hydroxyl groups excluding tert-OH is 1. The van der Waals surface area contributed by atoms with Crippen LogP contribution in [0.4, 0.5) is 10.2 Å². The van der Waals surface area contributed by atoms with Crippen molar-refractivity contribution >= 4 is 11.7 Å². The SMILES string of the molecule is Cc1cc(C)c(C#N)c(N2CC(O)C(NC(=O)c3ccc(-c4cccc(F)c4)nc3)C2)n1. The van der Waals surface area contributed by atoms with E-state index in [0.717, 1.165) is 11.3 Å². The van der Waals surface area contributed by atoms with Crippen LogP contribution in [-0.4, -0.2) is 46.2 Å². The van der Waals surface area contributed by atoms with Crippen molar-refractivity contribution in [2.24, 2.45) is 0 Å². The van der Waals surface area contributed by atoms with Gasteiger partial charge in [-0.3, -0.25) is 9.78 Å². The molecule has 0 spiro atoms. The van der Waals surface area contributed by atoms with E-state index >= 15 is 0 Å². The lowest BCUT2D eigenvalue weighted by atomic mass is 10.1. The number of nitrogens with one attached hydrogen (secondary N) is 1. The number of benzene rings is 1. The number of carbonyl (C=O) groups excluding carboxylic acids is 1. The van der Waals surface area contributed by atoms with Crippen LogP contribution in [0.1, 0.15) is 27.2 Å². The highest BCUT2D eigenvalue weighted by Gasteiger charge is 2.34. The van der Waals surface area contributed by atoms with Crippen molar-refractivity contribution in [3.63, 3.8) is 0 Å². The molecule has 1 aliphatic heterocycles. The van der Waals surface area contributed by atoms with E-state index in [1.165, 1.54) is 18.3 Å². The van der Waals surface area contributed by atoms with E-state index in [1.807, 2.05) is 24.8 Å². The number of hydrogen-bond acceptors (Lipinski definition) is 6. The Morgan fingerprint density at radius 2 is 2.06 bits per heavy atom. The molecule has 2 unspecified atom stereocenters. The van der Waals surface area contributed by atoms with Gasteiger partial charge in [0, 0.05) is 30.5 Å². The van der Waals surface area contributed by atoms with Gasteiger partial charge < -0.3 is 15.3 Å². The van der Waals surface area contributed by atoms with Crippen molar-refractivity contribution in [1.82, 2.24) is 15.3 Å². The highest BCUT2D eigenvalue weighted by molar-refractivity contribution is 5.94. The molecule has 1 aromatic carbocycles. The number of halogens is 1. The molecule has 8 heteroatoms. The minimum absolute atomic E-state index is 0.256. The van der Waals surface area contributed by atoms with Gasteiger partial charge in [0.25, 0.3) is 5.91 Å². The quantitative estimate of drug-likeness (QED) is 0.659. The molecule has 1 amide bonds. The fourth-order valence-corrected chi connectivity index (χ4v) is 3.88.